The molecular weight excluding hydrogens is 210 g/mol. The van der Waals surface area contributed by atoms with E-state index >= 15 is 0 Å². The lowest BCUT2D eigenvalue weighted by Gasteiger charge is -2.16. The van der Waals surface area contributed by atoms with Crippen molar-refractivity contribution in [3.8, 4) is 0 Å². The molecule has 1 unspecified atom stereocenters. The lowest BCUT2D eigenvalue weighted by atomic mass is 10.1. The monoisotopic (exact) mass is 233 g/mol. The molecule has 0 aromatic heterocycles. The zero-order valence-corrected chi connectivity index (χ0v) is 10.8. The van der Waals surface area contributed by atoms with Crippen molar-refractivity contribution in [3.05, 3.63) is 0 Å². The molecule has 0 aliphatic carbocycles. The molecular formula is C12H24ClNO. The molecule has 0 aromatic carbocycles. The molecule has 2 nitrogen and oxygen atoms in total. The van der Waals surface area contributed by atoms with Crippen LogP contribution in [0.4, 0.5) is 0 Å². The molecule has 0 radical (unpaired) electrons. The summed E-state index contributed by atoms with van der Waals surface area (Å²) in [7, 11) is 0. The van der Waals surface area contributed by atoms with Gasteiger partial charge in [-0.3, -0.25) is 0 Å². The molecule has 1 aliphatic rings. The van der Waals surface area contributed by atoms with Crippen molar-refractivity contribution in [2.45, 2.75) is 26.7 Å². The first-order valence-electron chi connectivity index (χ1n) is 6.08. The second kappa shape index (κ2) is 7.48. The Bertz CT molecular complexity index is 164. The van der Waals surface area contributed by atoms with Crippen molar-refractivity contribution in [1.82, 2.24) is 4.90 Å². The minimum Gasteiger partial charge on any atom is -0.380 e. The number of nitrogens with zero attached hydrogens (tertiary/aromatic N) is 1. The van der Waals surface area contributed by atoms with E-state index in [1.54, 1.807) is 0 Å². The first-order chi connectivity index (χ1) is 7.22. The zero-order valence-electron chi connectivity index (χ0n) is 10.0. The average Bonchev–Trinajstić information content (AvgIpc) is 2.61. The molecule has 90 valence electrons. The number of halogens is 1. The summed E-state index contributed by atoms with van der Waals surface area (Å²) in [6, 6.07) is 0. The van der Waals surface area contributed by atoms with Crippen LogP contribution in [-0.4, -0.2) is 43.6 Å². The summed E-state index contributed by atoms with van der Waals surface area (Å²) in [5.41, 5.74) is 0. The fourth-order valence-electron chi connectivity index (χ4n) is 2.02. The molecule has 0 N–H and O–H groups in total. The third kappa shape index (κ3) is 5.74. The molecule has 1 fully saturated rings. The Morgan fingerprint density at radius 3 is 2.93 bits per heavy atom. The summed E-state index contributed by atoms with van der Waals surface area (Å²) < 4.78 is 5.58. The van der Waals surface area contributed by atoms with E-state index in [9.17, 15) is 0 Å². The van der Waals surface area contributed by atoms with Crippen molar-refractivity contribution in [3.63, 3.8) is 0 Å². The first kappa shape index (κ1) is 13.3. The quantitative estimate of drug-likeness (QED) is 0.495. The molecule has 0 spiro atoms. The second-order valence-corrected chi connectivity index (χ2v) is 5.28. The Labute approximate surface area is 98.9 Å². The van der Waals surface area contributed by atoms with Gasteiger partial charge in [0.05, 0.1) is 6.61 Å². The van der Waals surface area contributed by atoms with Gasteiger partial charge in [0.15, 0.2) is 0 Å². The second-order valence-electron chi connectivity index (χ2n) is 4.90. The Hall–Kier alpha value is 0.210. The van der Waals surface area contributed by atoms with Gasteiger partial charge in [0, 0.05) is 25.6 Å². The smallest absolute Gasteiger partial charge is 0.0593 e. The van der Waals surface area contributed by atoms with Crippen LogP contribution in [0.25, 0.3) is 0 Å². The molecule has 1 saturated heterocycles. The number of ether oxygens (including phenoxy) is 1. The maximum absolute atomic E-state index is 5.75. The number of likely N-dealkylation sites (tertiary alicyclic amines) is 1. The topological polar surface area (TPSA) is 12.5 Å². The predicted molar refractivity (Wildman–Crippen MR) is 65.5 cm³/mol. The maximum atomic E-state index is 5.75. The van der Waals surface area contributed by atoms with E-state index in [1.165, 1.54) is 25.9 Å². The average molecular weight is 234 g/mol. The maximum Gasteiger partial charge on any atom is 0.0593 e. The van der Waals surface area contributed by atoms with Crippen molar-refractivity contribution in [2.24, 2.45) is 11.8 Å². The fourth-order valence-corrected chi connectivity index (χ4v) is 2.33. The van der Waals surface area contributed by atoms with E-state index in [1.807, 2.05) is 0 Å². The van der Waals surface area contributed by atoms with Gasteiger partial charge in [-0.25, -0.2) is 0 Å². The molecule has 3 heteroatoms. The van der Waals surface area contributed by atoms with Crippen LogP contribution in [0.3, 0.4) is 0 Å². The van der Waals surface area contributed by atoms with Gasteiger partial charge < -0.3 is 9.64 Å². The normalized spacial score (nSPS) is 22.8. The van der Waals surface area contributed by atoms with E-state index < -0.39 is 0 Å². The molecule has 0 saturated carbocycles. The number of alkyl halides is 1. The first-order valence-corrected chi connectivity index (χ1v) is 6.62. The SMILES string of the molecule is CC(C)COCCN1CCC(CCCl)C1. The largest absolute Gasteiger partial charge is 0.380 e. The standard InChI is InChI=1S/C12H24ClNO/c1-11(2)10-15-8-7-14-6-4-12(9-14)3-5-13/h11-12H,3-10H2,1-2H3. The molecule has 15 heavy (non-hydrogen) atoms. The van der Waals surface area contributed by atoms with E-state index in [2.05, 4.69) is 18.7 Å². The van der Waals surface area contributed by atoms with Crippen LogP contribution >= 0.6 is 11.6 Å². The van der Waals surface area contributed by atoms with Gasteiger partial charge in [0.25, 0.3) is 0 Å². The van der Waals surface area contributed by atoms with Gasteiger partial charge in [0.1, 0.15) is 0 Å². The Kier molecular flexibility index (Phi) is 6.62. The van der Waals surface area contributed by atoms with Gasteiger partial charge in [-0.15, -0.1) is 11.6 Å². The summed E-state index contributed by atoms with van der Waals surface area (Å²) in [6.07, 6.45) is 2.49. The molecule has 0 bridgehead atoms. The lowest BCUT2D eigenvalue weighted by molar-refractivity contribution is 0.0903. The van der Waals surface area contributed by atoms with Gasteiger partial charge in [-0.1, -0.05) is 13.8 Å². The van der Waals surface area contributed by atoms with Gasteiger partial charge in [-0.2, -0.15) is 0 Å². The summed E-state index contributed by atoms with van der Waals surface area (Å²) in [4.78, 5) is 2.50. The number of hydrogen-bond donors (Lipinski definition) is 0. The lowest BCUT2D eigenvalue weighted by Crippen LogP contribution is -2.25. The van der Waals surface area contributed by atoms with Gasteiger partial charge in [-0.05, 0) is 31.2 Å². The van der Waals surface area contributed by atoms with Crippen molar-refractivity contribution >= 4 is 11.6 Å². The van der Waals surface area contributed by atoms with Crippen molar-refractivity contribution in [2.75, 3.05) is 38.7 Å². The summed E-state index contributed by atoms with van der Waals surface area (Å²) in [5.74, 6) is 2.28. The van der Waals surface area contributed by atoms with Crippen LogP contribution in [-0.2, 0) is 4.74 Å². The van der Waals surface area contributed by atoms with Crippen molar-refractivity contribution in [1.29, 1.82) is 0 Å². The molecule has 1 aliphatic heterocycles. The van der Waals surface area contributed by atoms with E-state index in [4.69, 9.17) is 16.3 Å². The Balaban J connectivity index is 1.99. The van der Waals surface area contributed by atoms with Crippen LogP contribution in [0.15, 0.2) is 0 Å². The van der Waals surface area contributed by atoms with Crippen LogP contribution in [0.1, 0.15) is 26.7 Å². The van der Waals surface area contributed by atoms with Gasteiger partial charge >= 0.3 is 0 Å². The van der Waals surface area contributed by atoms with Crippen molar-refractivity contribution < 1.29 is 4.74 Å². The molecule has 1 rings (SSSR count). The van der Waals surface area contributed by atoms with Crippen LogP contribution in [0.2, 0.25) is 0 Å². The Morgan fingerprint density at radius 2 is 2.27 bits per heavy atom. The van der Waals surface area contributed by atoms with E-state index in [0.29, 0.717) is 5.92 Å². The molecule has 1 heterocycles. The highest BCUT2D eigenvalue weighted by Crippen LogP contribution is 2.19. The predicted octanol–water partition coefficient (Wildman–Crippen LogP) is 2.61. The summed E-state index contributed by atoms with van der Waals surface area (Å²) >= 11 is 5.75. The third-order valence-corrected chi connectivity index (χ3v) is 3.11. The Morgan fingerprint density at radius 1 is 1.47 bits per heavy atom. The van der Waals surface area contributed by atoms with E-state index in [-0.39, 0.29) is 0 Å². The number of rotatable bonds is 7. The highest BCUT2D eigenvalue weighted by molar-refractivity contribution is 6.17. The molecule has 0 aromatic rings. The molecule has 1 atom stereocenters. The highest BCUT2D eigenvalue weighted by Gasteiger charge is 2.21. The van der Waals surface area contributed by atoms with E-state index in [0.717, 1.165) is 31.6 Å². The van der Waals surface area contributed by atoms with Crippen LogP contribution in [0, 0.1) is 11.8 Å². The van der Waals surface area contributed by atoms with Gasteiger partial charge in [0.2, 0.25) is 0 Å². The third-order valence-electron chi connectivity index (χ3n) is 2.89. The minimum atomic E-state index is 0.646. The highest BCUT2D eigenvalue weighted by atomic mass is 35.5. The fraction of sp³-hybridized carbons (Fsp3) is 1.00. The number of hydrogen-bond acceptors (Lipinski definition) is 2. The minimum absolute atomic E-state index is 0.646. The summed E-state index contributed by atoms with van der Waals surface area (Å²) in [6.45, 7) is 9.68. The molecule has 0 amide bonds. The zero-order chi connectivity index (χ0) is 11.1. The summed E-state index contributed by atoms with van der Waals surface area (Å²) in [5, 5.41) is 0. The van der Waals surface area contributed by atoms with Crippen LogP contribution in [0.5, 0.6) is 0 Å². The van der Waals surface area contributed by atoms with Crippen LogP contribution < -0.4 is 0 Å².